The predicted octanol–water partition coefficient (Wildman–Crippen LogP) is 6.29. The Morgan fingerprint density at radius 3 is 2.26 bits per heavy atom. The SMILES string of the molecule is Cc1ccc(S[C@H]2c3ccccc3Oc3ccc(C)cc32)cc1. The Balaban J connectivity index is 1.81. The van der Waals surface area contributed by atoms with Gasteiger partial charge in [0, 0.05) is 16.0 Å². The van der Waals surface area contributed by atoms with Crippen LogP contribution < -0.4 is 4.74 Å². The lowest BCUT2D eigenvalue weighted by atomic mass is 9.98. The maximum Gasteiger partial charge on any atom is 0.132 e. The van der Waals surface area contributed by atoms with Crippen LogP contribution in [0.25, 0.3) is 0 Å². The lowest BCUT2D eigenvalue weighted by Crippen LogP contribution is -2.07. The van der Waals surface area contributed by atoms with E-state index >= 15 is 0 Å². The zero-order chi connectivity index (χ0) is 15.8. The number of fused-ring (bicyclic) bond motifs is 2. The minimum Gasteiger partial charge on any atom is -0.457 e. The van der Waals surface area contributed by atoms with Gasteiger partial charge in [-0.25, -0.2) is 0 Å². The summed E-state index contributed by atoms with van der Waals surface area (Å²) in [5.41, 5.74) is 5.06. The minimum absolute atomic E-state index is 0.262. The summed E-state index contributed by atoms with van der Waals surface area (Å²) in [5.74, 6) is 1.94. The molecular weight excluding hydrogens is 300 g/mol. The molecule has 3 aromatic rings. The van der Waals surface area contributed by atoms with Crippen molar-refractivity contribution < 1.29 is 4.74 Å². The summed E-state index contributed by atoms with van der Waals surface area (Å²) in [7, 11) is 0. The van der Waals surface area contributed by atoms with Crippen LogP contribution >= 0.6 is 11.8 Å². The van der Waals surface area contributed by atoms with Gasteiger partial charge in [0.05, 0.1) is 5.25 Å². The molecule has 1 aliphatic heterocycles. The molecule has 3 aromatic carbocycles. The van der Waals surface area contributed by atoms with Gasteiger partial charge in [-0.1, -0.05) is 53.6 Å². The van der Waals surface area contributed by atoms with Crippen LogP contribution in [0.5, 0.6) is 11.5 Å². The second kappa shape index (κ2) is 5.78. The zero-order valence-corrected chi connectivity index (χ0v) is 14.1. The van der Waals surface area contributed by atoms with Crippen LogP contribution in [-0.2, 0) is 0 Å². The summed E-state index contributed by atoms with van der Waals surface area (Å²) in [5, 5.41) is 0.262. The van der Waals surface area contributed by atoms with Gasteiger partial charge in [0.2, 0.25) is 0 Å². The molecule has 0 saturated heterocycles. The average molecular weight is 318 g/mol. The highest BCUT2D eigenvalue weighted by Crippen LogP contribution is 2.51. The summed E-state index contributed by atoms with van der Waals surface area (Å²) < 4.78 is 6.11. The molecule has 0 unspecified atom stereocenters. The van der Waals surface area contributed by atoms with Crippen LogP contribution in [0.3, 0.4) is 0 Å². The Morgan fingerprint density at radius 2 is 1.43 bits per heavy atom. The van der Waals surface area contributed by atoms with Crippen molar-refractivity contribution in [1.29, 1.82) is 0 Å². The molecule has 1 atom stereocenters. The normalized spacial score (nSPS) is 15.5. The van der Waals surface area contributed by atoms with Gasteiger partial charge in [-0.05, 0) is 38.1 Å². The molecule has 0 radical (unpaired) electrons. The topological polar surface area (TPSA) is 9.23 Å². The third kappa shape index (κ3) is 2.75. The summed E-state index contributed by atoms with van der Waals surface area (Å²) in [6.07, 6.45) is 0. The Morgan fingerprint density at radius 1 is 0.739 bits per heavy atom. The van der Waals surface area contributed by atoms with Crippen molar-refractivity contribution >= 4 is 11.8 Å². The summed E-state index contributed by atoms with van der Waals surface area (Å²) in [4.78, 5) is 1.28. The Labute approximate surface area is 141 Å². The second-order valence-corrected chi connectivity index (χ2v) is 7.17. The molecule has 0 spiro atoms. The maximum absolute atomic E-state index is 6.11. The largest absolute Gasteiger partial charge is 0.457 e. The number of benzene rings is 3. The Kier molecular flexibility index (Phi) is 3.62. The molecule has 0 saturated carbocycles. The van der Waals surface area contributed by atoms with E-state index in [0.717, 1.165) is 11.5 Å². The second-order valence-electron chi connectivity index (χ2n) is 5.99. The molecule has 0 aromatic heterocycles. The quantitative estimate of drug-likeness (QED) is 0.549. The van der Waals surface area contributed by atoms with E-state index in [-0.39, 0.29) is 5.25 Å². The molecule has 2 heteroatoms. The number of aryl methyl sites for hydroxylation is 2. The molecule has 0 amide bonds. The first-order valence-corrected chi connectivity index (χ1v) is 8.69. The van der Waals surface area contributed by atoms with Crippen LogP contribution in [0.15, 0.2) is 71.6 Å². The van der Waals surface area contributed by atoms with Gasteiger partial charge in [-0.3, -0.25) is 0 Å². The molecule has 1 nitrogen and oxygen atoms in total. The summed E-state index contributed by atoms with van der Waals surface area (Å²) in [6, 6.07) is 23.5. The third-order valence-electron chi connectivity index (χ3n) is 4.14. The smallest absolute Gasteiger partial charge is 0.132 e. The number of thioether (sulfide) groups is 1. The molecule has 4 rings (SSSR count). The number of para-hydroxylation sites is 1. The monoisotopic (exact) mass is 318 g/mol. The van der Waals surface area contributed by atoms with Crippen molar-refractivity contribution in [1.82, 2.24) is 0 Å². The van der Waals surface area contributed by atoms with Crippen LogP contribution in [0.2, 0.25) is 0 Å². The lowest BCUT2D eigenvalue weighted by Gasteiger charge is -2.28. The van der Waals surface area contributed by atoms with Crippen LogP contribution in [0, 0.1) is 13.8 Å². The van der Waals surface area contributed by atoms with Crippen molar-refractivity contribution in [3.8, 4) is 11.5 Å². The van der Waals surface area contributed by atoms with Gasteiger partial charge >= 0.3 is 0 Å². The van der Waals surface area contributed by atoms with Gasteiger partial charge in [0.15, 0.2) is 0 Å². The summed E-state index contributed by atoms with van der Waals surface area (Å²) in [6.45, 7) is 4.26. The Bertz CT molecular complexity index is 852. The fourth-order valence-corrected chi connectivity index (χ4v) is 4.12. The average Bonchev–Trinajstić information content (AvgIpc) is 2.57. The zero-order valence-electron chi connectivity index (χ0n) is 13.2. The van der Waals surface area contributed by atoms with Crippen LogP contribution in [-0.4, -0.2) is 0 Å². The van der Waals surface area contributed by atoms with Gasteiger partial charge in [0.25, 0.3) is 0 Å². The standard InChI is InChI=1S/C21H18OS/c1-14-7-10-16(11-8-14)23-21-17-5-3-4-6-19(17)22-20-12-9-15(2)13-18(20)21/h3-13,21H,1-2H3/t21-/m0/s1. The maximum atomic E-state index is 6.11. The highest BCUT2D eigenvalue weighted by atomic mass is 32.2. The predicted molar refractivity (Wildman–Crippen MR) is 96.6 cm³/mol. The van der Waals surface area contributed by atoms with Gasteiger partial charge < -0.3 is 4.74 Å². The Hall–Kier alpha value is -2.19. The molecular formula is C21H18OS. The molecule has 23 heavy (non-hydrogen) atoms. The highest BCUT2D eigenvalue weighted by molar-refractivity contribution is 7.99. The lowest BCUT2D eigenvalue weighted by molar-refractivity contribution is 0.458. The number of hydrogen-bond donors (Lipinski definition) is 0. The molecule has 114 valence electrons. The van der Waals surface area contributed by atoms with E-state index < -0.39 is 0 Å². The van der Waals surface area contributed by atoms with E-state index in [2.05, 4.69) is 74.5 Å². The van der Waals surface area contributed by atoms with Crippen molar-refractivity contribution in [2.45, 2.75) is 24.0 Å². The van der Waals surface area contributed by atoms with E-state index in [1.165, 1.54) is 27.1 Å². The van der Waals surface area contributed by atoms with Gasteiger partial charge in [-0.2, -0.15) is 0 Å². The van der Waals surface area contributed by atoms with E-state index in [4.69, 9.17) is 4.74 Å². The number of rotatable bonds is 2. The number of hydrogen-bond acceptors (Lipinski definition) is 2. The first kappa shape index (κ1) is 14.4. The van der Waals surface area contributed by atoms with Gasteiger partial charge in [-0.15, -0.1) is 11.8 Å². The number of ether oxygens (including phenoxy) is 1. The fourth-order valence-electron chi connectivity index (χ4n) is 2.92. The first-order chi connectivity index (χ1) is 11.2. The van der Waals surface area contributed by atoms with E-state index in [9.17, 15) is 0 Å². The first-order valence-electron chi connectivity index (χ1n) is 7.81. The van der Waals surface area contributed by atoms with E-state index in [0.29, 0.717) is 0 Å². The molecule has 1 heterocycles. The minimum atomic E-state index is 0.262. The van der Waals surface area contributed by atoms with E-state index in [1.807, 2.05) is 17.8 Å². The van der Waals surface area contributed by atoms with Crippen molar-refractivity contribution in [3.05, 3.63) is 89.0 Å². The van der Waals surface area contributed by atoms with Crippen LogP contribution in [0.4, 0.5) is 0 Å². The van der Waals surface area contributed by atoms with Crippen molar-refractivity contribution in [2.75, 3.05) is 0 Å². The third-order valence-corrected chi connectivity index (χ3v) is 5.43. The summed E-state index contributed by atoms with van der Waals surface area (Å²) >= 11 is 1.89. The van der Waals surface area contributed by atoms with Crippen molar-refractivity contribution in [3.63, 3.8) is 0 Å². The molecule has 1 aliphatic rings. The van der Waals surface area contributed by atoms with Crippen LogP contribution in [0.1, 0.15) is 27.5 Å². The molecule has 0 bridgehead atoms. The molecule has 0 N–H and O–H groups in total. The van der Waals surface area contributed by atoms with E-state index in [1.54, 1.807) is 0 Å². The molecule has 0 aliphatic carbocycles. The molecule has 0 fully saturated rings. The highest BCUT2D eigenvalue weighted by Gasteiger charge is 2.27. The van der Waals surface area contributed by atoms with Crippen molar-refractivity contribution in [2.24, 2.45) is 0 Å². The van der Waals surface area contributed by atoms with Gasteiger partial charge in [0.1, 0.15) is 11.5 Å². The fraction of sp³-hybridized carbons (Fsp3) is 0.143.